The minimum absolute atomic E-state index is 0.0922. The molecular formula is C17H32N4O6S2. The van der Waals surface area contributed by atoms with Crippen molar-refractivity contribution in [3.63, 3.8) is 0 Å². The van der Waals surface area contributed by atoms with Crippen molar-refractivity contribution < 1.29 is 29.4 Å². The van der Waals surface area contributed by atoms with Gasteiger partial charge in [0.25, 0.3) is 0 Å². The number of thiol groups is 1. The van der Waals surface area contributed by atoms with Crippen LogP contribution in [0.1, 0.15) is 26.7 Å². The van der Waals surface area contributed by atoms with E-state index in [9.17, 15) is 29.4 Å². The van der Waals surface area contributed by atoms with E-state index in [1.54, 1.807) is 13.2 Å². The molecule has 5 atom stereocenters. The fraction of sp³-hybridized carbons (Fsp3) is 0.765. The van der Waals surface area contributed by atoms with Crippen LogP contribution in [-0.4, -0.2) is 82.4 Å². The number of aliphatic carboxylic acids is 1. The highest BCUT2D eigenvalue weighted by Gasteiger charge is 2.31. The molecule has 29 heavy (non-hydrogen) atoms. The first kappa shape index (κ1) is 27.5. The Balaban J connectivity index is 5.19. The van der Waals surface area contributed by atoms with Gasteiger partial charge in [0.1, 0.15) is 18.1 Å². The van der Waals surface area contributed by atoms with E-state index in [1.807, 2.05) is 6.92 Å². The summed E-state index contributed by atoms with van der Waals surface area (Å²) < 4.78 is 0. The van der Waals surface area contributed by atoms with Crippen LogP contribution < -0.4 is 21.7 Å². The van der Waals surface area contributed by atoms with Crippen molar-refractivity contribution in [2.45, 2.75) is 50.9 Å². The highest BCUT2D eigenvalue weighted by atomic mass is 32.2. The Bertz CT molecular complexity index is 566. The zero-order valence-corrected chi connectivity index (χ0v) is 18.6. The lowest BCUT2D eigenvalue weighted by atomic mass is 9.97. The zero-order chi connectivity index (χ0) is 22.6. The van der Waals surface area contributed by atoms with Gasteiger partial charge in [-0.25, -0.2) is 4.79 Å². The molecule has 5 unspecified atom stereocenters. The van der Waals surface area contributed by atoms with Crippen molar-refractivity contribution in [2.75, 3.05) is 24.4 Å². The molecule has 0 aliphatic heterocycles. The van der Waals surface area contributed by atoms with Gasteiger partial charge in [-0.2, -0.15) is 24.4 Å². The first-order valence-electron chi connectivity index (χ1n) is 9.22. The van der Waals surface area contributed by atoms with Gasteiger partial charge in [-0.15, -0.1) is 0 Å². The van der Waals surface area contributed by atoms with Gasteiger partial charge in [-0.1, -0.05) is 20.3 Å². The van der Waals surface area contributed by atoms with Gasteiger partial charge in [-0.3, -0.25) is 14.4 Å². The van der Waals surface area contributed by atoms with Crippen molar-refractivity contribution in [3.05, 3.63) is 0 Å². The number of amides is 3. The minimum atomic E-state index is -1.36. The Hall–Kier alpha value is -1.50. The number of carbonyl (C=O) groups is 4. The lowest BCUT2D eigenvalue weighted by molar-refractivity contribution is -0.142. The van der Waals surface area contributed by atoms with Crippen LogP contribution in [0.25, 0.3) is 0 Å². The number of hydrogen-bond donors (Lipinski definition) is 7. The Labute approximate surface area is 180 Å². The maximum atomic E-state index is 12.7. The number of aliphatic hydroxyl groups excluding tert-OH is 1. The molecule has 7 N–H and O–H groups in total. The summed E-state index contributed by atoms with van der Waals surface area (Å²) in [5.74, 6) is -2.94. The fourth-order valence-corrected chi connectivity index (χ4v) is 2.90. The maximum absolute atomic E-state index is 12.7. The third-order valence-corrected chi connectivity index (χ3v) is 5.40. The van der Waals surface area contributed by atoms with Gasteiger partial charge in [0.2, 0.25) is 17.7 Å². The normalized spacial score (nSPS) is 16.1. The van der Waals surface area contributed by atoms with Crippen LogP contribution in [0.15, 0.2) is 0 Å². The molecule has 0 aromatic rings. The summed E-state index contributed by atoms with van der Waals surface area (Å²) in [5, 5.41) is 26.0. The summed E-state index contributed by atoms with van der Waals surface area (Å²) in [6.45, 7) is 2.84. The fourth-order valence-electron chi connectivity index (χ4n) is 2.27. The molecule has 0 fully saturated rings. The molecule has 0 heterocycles. The average molecular weight is 453 g/mol. The number of nitrogens with one attached hydrogen (secondary N) is 3. The van der Waals surface area contributed by atoms with Crippen molar-refractivity contribution in [2.24, 2.45) is 11.7 Å². The predicted octanol–water partition coefficient (Wildman–Crippen LogP) is -1.43. The standard InChI is InChI=1S/C17H32N4O6S2/c1-4-9(2)13(21-14(23)10(18)8-28)16(25)20-12(7-22)15(24)19-11(17(26)27)5-6-29-3/h9-13,22,28H,4-8,18H2,1-3H3,(H,19,24)(H,20,25)(H,21,23)(H,26,27). The van der Waals surface area contributed by atoms with E-state index in [4.69, 9.17) is 5.73 Å². The molecule has 0 aliphatic carbocycles. The molecule has 0 spiro atoms. The second-order valence-corrected chi connectivity index (χ2v) is 7.94. The summed E-state index contributed by atoms with van der Waals surface area (Å²) in [6, 6.07) is -4.38. The number of rotatable bonds is 14. The Morgan fingerprint density at radius 3 is 2.10 bits per heavy atom. The van der Waals surface area contributed by atoms with Crippen LogP contribution in [0, 0.1) is 5.92 Å². The van der Waals surface area contributed by atoms with E-state index in [0.717, 1.165) is 0 Å². The molecule has 0 aromatic heterocycles. The monoisotopic (exact) mass is 452 g/mol. The summed E-state index contributed by atoms with van der Waals surface area (Å²) >= 11 is 5.38. The molecule has 0 aliphatic rings. The lowest BCUT2D eigenvalue weighted by Gasteiger charge is -2.27. The molecule has 10 nitrogen and oxygen atoms in total. The van der Waals surface area contributed by atoms with Gasteiger partial charge in [0, 0.05) is 5.75 Å². The predicted molar refractivity (Wildman–Crippen MR) is 115 cm³/mol. The molecule has 0 aromatic carbocycles. The van der Waals surface area contributed by atoms with Crippen molar-refractivity contribution in [1.82, 2.24) is 16.0 Å². The van der Waals surface area contributed by atoms with E-state index >= 15 is 0 Å². The molecule has 0 saturated heterocycles. The van der Waals surface area contributed by atoms with Crippen LogP contribution in [0.2, 0.25) is 0 Å². The van der Waals surface area contributed by atoms with Crippen LogP contribution in [0.3, 0.4) is 0 Å². The Morgan fingerprint density at radius 2 is 1.66 bits per heavy atom. The van der Waals surface area contributed by atoms with Crippen molar-refractivity contribution >= 4 is 48.1 Å². The van der Waals surface area contributed by atoms with Gasteiger partial charge < -0.3 is 31.9 Å². The number of hydrogen-bond acceptors (Lipinski definition) is 8. The smallest absolute Gasteiger partial charge is 0.326 e. The number of carbonyl (C=O) groups excluding carboxylic acids is 3. The zero-order valence-electron chi connectivity index (χ0n) is 16.9. The lowest BCUT2D eigenvalue weighted by Crippen LogP contribution is -2.59. The van der Waals surface area contributed by atoms with Crippen molar-refractivity contribution in [1.29, 1.82) is 0 Å². The summed E-state index contributed by atoms with van der Waals surface area (Å²) in [6.07, 6.45) is 2.56. The van der Waals surface area contributed by atoms with E-state index < -0.39 is 54.5 Å². The van der Waals surface area contributed by atoms with Gasteiger partial charge in [-0.05, 0) is 24.3 Å². The van der Waals surface area contributed by atoms with E-state index in [0.29, 0.717) is 12.2 Å². The van der Waals surface area contributed by atoms with Gasteiger partial charge in [0.05, 0.1) is 12.6 Å². The second kappa shape index (κ2) is 14.5. The third kappa shape index (κ3) is 9.70. The van der Waals surface area contributed by atoms with Crippen LogP contribution in [-0.2, 0) is 19.2 Å². The van der Waals surface area contributed by atoms with Crippen LogP contribution >= 0.6 is 24.4 Å². The largest absolute Gasteiger partial charge is 0.480 e. The molecule has 12 heteroatoms. The first-order valence-corrected chi connectivity index (χ1v) is 11.3. The maximum Gasteiger partial charge on any atom is 0.326 e. The number of carboxylic acid groups (broad SMARTS) is 1. The van der Waals surface area contributed by atoms with Crippen LogP contribution in [0.5, 0.6) is 0 Å². The number of carboxylic acids is 1. The number of nitrogens with two attached hydrogens (primary N) is 1. The average Bonchev–Trinajstić information content (AvgIpc) is 2.70. The van der Waals surface area contributed by atoms with Crippen molar-refractivity contribution in [3.8, 4) is 0 Å². The molecule has 168 valence electrons. The second-order valence-electron chi connectivity index (χ2n) is 6.59. The first-order chi connectivity index (χ1) is 13.6. The summed E-state index contributed by atoms with van der Waals surface area (Å²) in [5.41, 5.74) is 5.62. The molecule has 0 saturated carbocycles. The van der Waals surface area contributed by atoms with Gasteiger partial charge >= 0.3 is 5.97 Å². The van der Waals surface area contributed by atoms with Crippen LogP contribution in [0.4, 0.5) is 0 Å². The highest BCUT2D eigenvalue weighted by molar-refractivity contribution is 7.98. The Kier molecular flexibility index (Phi) is 13.7. The summed E-state index contributed by atoms with van der Waals surface area (Å²) in [4.78, 5) is 48.4. The number of aliphatic hydroxyl groups is 1. The molecule has 0 radical (unpaired) electrons. The quantitative estimate of drug-likeness (QED) is 0.157. The molecule has 0 bridgehead atoms. The molecule has 3 amide bonds. The van der Waals surface area contributed by atoms with E-state index in [-0.39, 0.29) is 18.1 Å². The van der Waals surface area contributed by atoms with E-state index in [1.165, 1.54) is 11.8 Å². The van der Waals surface area contributed by atoms with E-state index in [2.05, 4.69) is 28.6 Å². The Morgan fingerprint density at radius 1 is 1.07 bits per heavy atom. The SMILES string of the molecule is CCC(C)C(NC(=O)C(N)CS)C(=O)NC(CO)C(=O)NC(CCSC)C(=O)O. The molecule has 0 rings (SSSR count). The highest BCUT2D eigenvalue weighted by Crippen LogP contribution is 2.09. The molecular weight excluding hydrogens is 420 g/mol. The topological polar surface area (TPSA) is 171 Å². The van der Waals surface area contributed by atoms with Gasteiger partial charge in [0.15, 0.2) is 0 Å². The number of thioether (sulfide) groups is 1. The summed E-state index contributed by atoms with van der Waals surface area (Å²) in [7, 11) is 0. The third-order valence-electron chi connectivity index (χ3n) is 4.37. The minimum Gasteiger partial charge on any atom is -0.480 e.